The van der Waals surface area contributed by atoms with Gasteiger partial charge >= 0.3 is 6.10 Å². The minimum atomic E-state index is -3.06. The number of aliphatic hydroxyl groups is 3. The Labute approximate surface area is 171 Å². The topological polar surface area (TPSA) is 131 Å². The third-order valence-corrected chi connectivity index (χ3v) is 5.27. The first-order chi connectivity index (χ1) is 14.4. The van der Waals surface area contributed by atoms with Crippen molar-refractivity contribution in [2.45, 2.75) is 24.9 Å². The SMILES string of the molecule is N#Cc1cccc(-c2ccc(F)nc2)c1N1CCC(c2nncn2C(O)(O)O)CC1. The zero-order chi connectivity index (χ0) is 21.3. The lowest BCUT2D eigenvalue weighted by molar-refractivity contribution is -0.376. The lowest BCUT2D eigenvalue weighted by atomic mass is 9.93. The molecule has 9 nitrogen and oxygen atoms in total. The molecule has 4 rings (SSSR count). The minimum Gasteiger partial charge on any atom is -0.370 e. The molecule has 1 fully saturated rings. The molecule has 0 radical (unpaired) electrons. The van der Waals surface area contributed by atoms with Crippen LogP contribution in [0.15, 0.2) is 42.9 Å². The normalized spacial score (nSPS) is 15.2. The summed E-state index contributed by atoms with van der Waals surface area (Å²) in [7, 11) is 0. The number of nitrogens with zero attached hydrogens (tertiary/aromatic N) is 6. The van der Waals surface area contributed by atoms with Crippen LogP contribution in [0, 0.1) is 17.3 Å². The van der Waals surface area contributed by atoms with Gasteiger partial charge < -0.3 is 20.2 Å². The van der Waals surface area contributed by atoms with Gasteiger partial charge in [-0.2, -0.15) is 9.65 Å². The monoisotopic (exact) mass is 410 g/mol. The number of anilines is 1. The quantitative estimate of drug-likeness (QED) is 0.433. The van der Waals surface area contributed by atoms with E-state index < -0.39 is 12.0 Å². The first-order valence-electron chi connectivity index (χ1n) is 9.36. The molecule has 0 spiro atoms. The summed E-state index contributed by atoms with van der Waals surface area (Å²) < 4.78 is 14.1. The smallest absolute Gasteiger partial charge is 0.370 e. The Kier molecular flexibility index (Phi) is 5.17. The van der Waals surface area contributed by atoms with E-state index in [0.29, 0.717) is 37.1 Å². The fraction of sp³-hybridized carbons (Fsp3) is 0.300. The van der Waals surface area contributed by atoms with E-state index >= 15 is 0 Å². The molecular weight excluding hydrogens is 391 g/mol. The van der Waals surface area contributed by atoms with Gasteiger partial charge in [-0.15, -0.1) is 10.2 Å². The Morgan fingerprint density at radius 1 is 1.13 bits per heavy atom. The van der Waals surface area contributed by atoms with Gasteiger partial charge in [0.05, 0.1) is 11.3 Å². The Balaban J connectivity index is 1.62. The molecule has 0 saturated carbocycles. The molecule has 0 bridgehead atoms. The average Bonchev–Trinajstić information content (AvgIpc) is 3.24. The van der Waals surface area contributed by atoms with Crippen LogP contribution in [-0.2, 0) is 6.10 Å². The number of aromatic nitrogens is 4. The Morgan fingerprint density at radius 3 is 2.53 bits per heavy atom. The third-order valence-electron chi connectivity index (χ3n) is 5.27. The summed E-state index contributed by atoms with van der Waals surface area (Å²) in [5.41, 5.74) is 2.73. The van der Waals surface area contributed by atoms with Gasteiger partial charge in [-0.05, 0) is 31.0 Å². The number of benzene rings is 1. The van der Waals surface area contributed by atoms with Gasteiger partial charge in [0, 0.05) is 36.3 Å². The van der Waals surface area contributed by atoms with Crippen LogP contribution in [-0.4, -0.2) is 48.2 Å². The van der Waals surface area contributed by atoms with Crippen LogP contribution in [0.3, 0.4) is 0 Å². The number of piperidine rings is 1. The van der Waals surface area contributed by atoms with Crippen molar-refractivity contribution in [3.63, 3.8) is 0 Å². The van der Waals surface area contributed by atoms with Crippen LogP contribution in [0.5, 0.6) is 0 Å². The molecule has 0 atom stereocenters. The predicted molar refractivity (Wildman–Crippen MR) is 103 cm³/mol. The van der Waals surface area contributed by atoms with E-state index in [2.05, 4.69) is 26.2 Å². The maximum absolute atomic E-state index is 13.3. The van der Waals surface area contributed by atoms with E-state index in [4.69, 9.17) is 0 Å². The van der Waals surface area contributed by atoms with Crippen molar-refractivity contribution in [1.29, 1.82) is 5.26 Å². The van der Waals surface area contributed by atoms with Gasteiger partial charge in [0.1, 0.15) is 18.2 Å². The van der Waals surface area contributed by atoms with Gasteiger partial charge in [-0.3, -0.25) is 0 Å². The number of rotatable bonds is 4. The maximum atomic E-state index is 13.3. The van der Waals surface area contributed by atoms with Crippen molar-refractivity contribution in [3.8, 4) is 17.2 Å². The lowest BCUT2D eigenvalue weighted by Gasteiger charge is -2.35. The molecule has 1 aromatic carbocycles. The summed E-state index contributed by atoms with van der Waals surface area (Å²) in [5, 5.41) is 45.7. The standard InChI is InChI=1S/C20H19FN6O3/c21-17-5-4-15(11-23-17)16-3-1-2-14(10-22)18(16)26-8-6-13(7-9-26)19-25-24-12-27(19)20(28,29)30/h1-5,11-13,28-30H,6-9H2. The summed E-state index contributed by atoms with van der Waals surface area (Å²) in [5.74, 6) is -0.451. The molecule has 0 aliphatic carbocycles. The second kappa shape index (κ2) is 7.79. The second-order valence-electron chi connectivity index (χ2n) is 7.10. The fourth-order valence-corrected chi connectivity index (χ4v) is 3.86. The van der Waals surface area contributed by atoms with E-state index in [1.54, 1.807) is 18.2 Å². The average molecular weight is 410 g/mol. The summed E-state index contributed by atoms with van der Waals surface area (Å²) in [6.45, 7) is 1.13. The molecule has 154 valence electrons. The van der Waals surface area contributed by atoms with Crippen molar-refractivity contribution in [2.75, 3.05) is 18.0 Å². The minimum absolute atomic E-state index is 0.153. The highest BCUT2D eigenvalue weighted by molar-refractivity contribution is 5.82. The molecule has 1 aliphatic heterocycles. The first kappa shape index (κ1) is 19.9. The zero-order valence-electron chi connectivity index (χ0n) is 15.9. The van der Waals surface area contributed by atoms with Crippen LogP contribution < -0.4 is 4.90 Å². The number of para-hydroxylation sites is 1. The molecule has 2 aromatic heterocycles. The molecule has 1 saturated heterocycles. The van der Waals surface area contributed by atoms with Crippen LogP contribution in [0.4, 0.5) is 10.1 Å². The van der Waals surface area contributed by atoms with E-state index in [1.165, 1.54) is 12.3 Å². The summed E-state index contributed by atoms with van der Waals surface area (Å²) in [6.07, 6.45) is 0.623. The van der Waals surface area contributed by atoms with Gasteiger partial charge in [-0.1, -0.05) is 12.1 Å². The van der Waals surface area contributed by atoms with Crippen LogP contribution in [0.25, 0.3) is 11.1 Å². The van der Waals surface area contributed by atoms with E-state index in [1.807, 2.05) is 6.07 Å². The third kappa shape index (κ3) is 3.73. The van der Waals surface area contributed by atoms with Crippen LogP contribution in [0.2, 0.25) is 0 Å². The highest BCUT2D eigenvalue weighted by atomic mass is 19.1. The highest BCUT2D eigenvalue weighted by Crippen LogP contribution is 2.37. The van der Waals surface area contributed by atoms with Crippen molar-refractivity contribution < 1.29 is 19.7 Å². The van der Waals surface area contributed by atoms with Crippen molar-refractivity contribution >= 4 is 5.69 Å². The molecule has 0 amide bonds. The molecule has 3 heterocycles. The zero-order valence-corrected chi connectivity index (χ0v) is 15.9. The summed E-state index contributed by atoms with van der Waals surface area (Å²) >= 11 is 0. The molecule has 10 heteroatoms. The Bertz CT molecular complexity index is 1080. The first-order valence-corrected chi connectivity index (χ1v) is 9.36. The molecule has 0 unspecified atom stereocenters. The van der Waals surface area contributed by atoms with E-state index in [0.717, 1.165) is 22.1 Å². The van der Waals surface area contributed by atoms with Gasteiger partial charge in [0.25, 0.3) is 0 Å². The molecule has 30 heavy (non-hydrogen) atoms. The van der Waals surface area contributed by atoms with Gasteiger partial charge in [0.2, 0.25) is 5.95 Å². The molecule has 3 aromatic rings. The largest absolute Gasteiger partial charge is 0.375 e. The number of hydrogen-bond acceptors (Lipinski definition) is 8. The van der Waals surface area contributed by atoms with Crippen LogP contribution >= 0.6 is 0 Å². The number of hydrogen-bond donors (Lipinski definition) is 3. The number of halogens is 1. The molecule has 1 aliphatic rings. The molecule has 3 N–H and O–H groups in total. The number of nitriles is 1. The number of pyridine rings is 1. The van der Waals surface area contributed by atoms with Crippen LogP contribution in [0.1, 0.15) is 30.1 Å². The lowest BCUT2D eigenvalue weighted by Crippen LogP contribution is -2.38. The highest BCUT2D eigenvalue weighted by Gasteiger charge is 2.32. The van der Waals surface area contributed by atoms with Gasteiger partial charge in [0.15, 0.2) is 0 Å². The Morgan fingerprint density at radius 2 is 1.90 bits per heavy atom. The Hall–Kier alpha value is -3.39. The van der Waals surface area contributed by atoms with Gasteiger partial charge in [-0.25, -0.2) is 9.55 Å². The van der Waals surface area contributed by atoms with E-state index in [-0.39, 0.29) is 11.7 Å². The summed E-state index contributed by atoms with van der Waals surface area (Å²) in [6, 6.07) is 10.5. The predicted octanol–water partition coefficient (Wildman–Crippen LogP) is 1.28. The van der Waals surface area contributed by atoms with Crippen molar-refractivity contribution in [3.05, 3.63) is 60.2 Å². The fourth-order valence-electron chi connectivity index (χ4n) is 3.86. The molecular formula is C20H19FN6O3. The van der Waals surface area contributed by atoms with E-state index in [9.17, 15) is 25.0 Å². The van der Waals surface area contributed by atoms with Crippen molar-refractivity contribution in [1.82, 2.24) is 19.7 Å². The second-order valence-corrected chi connectivity index (χ2v) is 7.10. The maximum Gasteiger partial charge on any atom is 0.375 e. The van der Waals surface area contributed by atoms with Crippen molar-refractivity contribution in [2.24, 2.45) is 0 Å². The summed E-state index contributed by atoms with van der Waals surface area (Å²) in [4.78, 5) is 5.79.